The lowest BCUT2D eigenvalue weighted by Crippen LogP contribution is -2.16. The molecular weight excluding hydrogens is 281 g/mol. The molecule has 7 heteroatoms. The fourth-order valence-corrected chi connectivity index (χ4v) is 2.48. The van der Waals surface area contributed by atoms with Gasteiger partial charge in [-0.2, -0.15) is 0 Å². The Morgan fingerprint density at radius 1 is 1.40 bits per heavy atom. The quantitative estimate of drug-likeness (QED) is 0.888. The lowest BCUT2D eigenvalue weighted by atomic mass is 10.1. The highest BCUT2D eigenvalue weighted by Crippen LogP contribution is 2.23. The van der Waals surface area contributed by atoms with E-state index in [1.165, 1.54) is 13.0 Å². The second-order valence-corrected chi connectivity index (χ2v) is 6.52. The summed E-state index contributed by atoms with van der Waals surface area (Å²) in [6, 6.07) is 3.05. The van der Waals surface area contributed by atoms with Crippen LogP contribution in [0.3, 0.4) is 0 Å². The molecule has 0 saturated carbocycles. The summed E-state index contributed by atoms with van der Waals surface area (Å²) in [5.74, 6) is -0.491. The highest BCUT2D eigenvalue weighted by atomic mass is 32.2. The van der Waals surface area contributed by atoms with Crippen LogP contribution in [0.15, 0.2) is 24.7 Å². The zero-order valence-electron chi connectivity index (χ0n) is 11.3. The van der Waals surface area contributed by atoms with Gasteiger partial charge in [-0.15, -0.1) is 0 Å². The van der Waals surface area contributed by atoms with E-state index in [0.717, 1.165) is 5.69 Å². The molecule has 2 N–H and O–H groups in total. The van der Waals surface area contributed by atoms with Crippen LogP contribution in [-0.4, -0.2) is 24.1 Å². The van der Waals surface area contributed by atoms with Gasteiger partial charge >= 0.3 is 0 Å². The molecular formula is C13H16FN3O2S. The molecule has 0 saturated heterocycles. The summed E-state index contributed by atoms with van der Waals surface area (Å²) in [5.41, 5.74) is 2.07. The van der Waals surface area contributed by atoms with Gasteiger partial charge in [0, 0.05) is 23.9 Å². The third-order valence-electron chi connectivity index (χ3n) is 3.00. The Morgan fingerprint density at radius 3 is 2.75 bits per heavy atom. The van der Waals surface area contributed by atoms with Gasteiger partial charge in [-0.1, -0.05) is 0 Å². The van der Waals surface area contributed by atoms with Crippen LogP contribution in [0.5, 0.6) is 0 Å². The van der Waals surface area contributed by atoms with Crippen LogP contribution in [0.4, 0.5) is 10.1 Å². The number of benzene rings is 1. The SMILES string of the molecule is CCS(=O)(=O)Nc1cc(Cc2cnc[nH]2)cc(F)c1C. The minimum Gasteiger partial charge on any atom is -0.348 e. The smallest absolute Gasteiger partial charge is 0.232 e. The monoisotopic (exact) mass is 297 g/mol. The first-order chi connectivity index (χ1) is 9.41. The minimum atomic E-state index is -3.43. The van der Waals surface area contributed by atoms with Gasteiger partial charge in [0.2, 0.25) is 10.0 Å². The van der Waals surface area contributed by atoms with Crippen molar-refractivity contribution < 1.29 is 12.8 Å². The zero-order chi connectivity index (χ0) is 14.8. The van der Waals surface area contributed by atoms with Crippen molar-refractivity contribution in [2.75, 3.05) is 10.5 Å². The maximum Gasteiger partial charge on any atom is 0.232 e. The molecule has 0 aliphatic heterocycles. The van der Waals surface area contributed by atoms with Crippen molar-refractivity contribution in [1.82, 2.24) is 9.97 Å². The molecule has 1 heterocycles. The lowest BCUT2D eigenvalue weighted by Gasteiger charge is -2.12. The molecule has 0 spiro atoms. The molecule has 0 radical (unpaired) electrons. The number of hydrogen-bond donors (Lipinski definition) is 2. The summed E-state index contributed by atoms with van der Waals surface area (Å²) in [6.07, 6.45) is 3.65. The molecule has 2 aromatic rings. The molecule has 0 unspecified atom stereocenters. The molecule has 1 aromatic heterocycles. The van der Waals surface area contributed by atoms with E-state index in [9.17, 15) is 12.8 Å². The Hall–Kier alpha value is -1.89. The van der Waals surface area contributed by atoms with Gasteiger partial charge in [0.1, 0.15) is 5.82 Å². The number of H-pyrrole nitrogens is 1. The Kier molecular flexibility index (Phi) is 4.08. The molecule has 5 nitrogen and oxygen atoms in total. The molecule has 0 aliphatic rings. The van der Waals surface area contributed by atoms with E-state index in [2.05, 4.69) is 14.7 Å². The van der Waals surface area contributed by atoms with E-state index in [1.54, 1.807) is 25.5 Å². The van der Waals surface area contributed by atoms with E-state index >= 15 is 0 Å². The van der Waals surface area contributed by atoms with E-state index in [-0.39, 0.29) is 17.0 Å². The second kappa shape index (κ2) is 5.62. The summed E-state index contributed by atoms with van der Waals surface area (Å²) < 4.78 is 39.5. The number of aromatic nitrogens is 2. The van der Waals surface area contributed by atoms with Crippen LogP contribution >= 0.6 is 0 Å². The Bertz CT molecular complexity index is 697. The number of rotatable bonds is 5. The molecule has 108 valence electrons. The molecule has 0 fully saturated rings. The van der Waals surface area contributed by atoms with Crippen molar-refractivity contribution in [2.45, 2.75) is 20.3 Å². The first-order valence-corrected chi connectivity index (χ1v) is 7.83. The van der Waals surface area contributed by atoms with E-state index < -0.39 is 15.8 Å². The van der Waals surface area contributed by atoms with Crippen molar-refractivity contribution in [3.8, 4) is 0 Å². The van der Waals surface area contributed by atoms with Gasteiger partial charge in [-0.3, -0.25) is 4.72 Å². The van der Waals surface area contributed by atoms with Crippen LogP contribution in [0.25, 0.3) is 0 Å². The predicted octanol–water partition coefficient (Wildman–Crippen LogP) is 2.21. The number of aromatic amines is 1. The van der Waals surface area contributed by atoms with Crippen molar-refractivity contribution >= 4 is 15.7 Å². The molecule has 0 atom stereocenters. The topological polar surface area (TPSA) is 74.8 Å². The van der Waals surface area contributed by atoms with Gasteiger partial charge in [0.25, 0.3) is 0 Å². The second-order valence-electron chi connectivity index (χ2n) is 4.51. The number of imidazole rings is 1. The molecule has 2 rings (SSSR count). The Morgan fingerprint density at radius 2 is 2.15 bits per heavy atom. The molecule has 0 bridgehead atoms. The van der Waals surface area contributed by atoms with Crippen LogP contribution < -0.4 is 4.72 Å². The standard InChI is InChI=1S/C13H16FN3O2S/c1-3-20(18,19)17-13-6-10(5-12(14)9(13)2)4-11-7-15-8-16-11/h5-8,17H,3-4H2,1-2H3,(H,15,16). The number of nitrogens with one attached hydrogen (secondary N) is 2. The maximum atomic E-state index is 13.9. The molecule has 20 heavy (non-hydrogen) atoms. The highest BCUT2D eigenvalue weighted by molar-refractivity contribution is 7.92. The summed E-state index contributed by atoms with van der Waals surface area (Å²) in [7, 11) is -3.43. The van der Waals surface area contributed by atoms with Crippen molar-refractivity contribution in [3.63, 3.8) is 0 Å². The number of halogens is 1. The predicted molar refractivity (Wildman–Crippen MR) is 75.6 cm³/mol. The molecule has 0 aliphatic carbocycles. The van der Waals surface area contributed by atoms with Crippen LogP contribution in [0.1, 0.15) is 23.7 Å². The lowest BCUT2D eigenvalue weighted by molar-refractivity contribution is 0.602. The summed E-state index contributed by atoms with van der Waals surface area (Å²) in [4.78, 5) is 6.82. The van der Waals surface area contributed by atoms with Crippen LogP contribution in [-0.2, 0) is 16.4 Å². The first kappa shape index (κ1) is 14.5. The van der Waals surface area contributed by atoms with Crippen LogP contribution in [0, 0.1) is 12.7 Å². The molecule has 0 amide bonds. The van der Waals surface area contributed by atoms with Gasteiger partial charge in [-0.25, -0.2) is 17.8 Å². The summed E-state index contributed by atoms with van der Waals surface area (Å²) in [6.45, 7) is 3.07. The number of hydrogen-bond acceptors (Lipinski definition) is 3. The zero-order valence-corrected chi connectivity index (χ0v) is 12.1. The summed E-state index contributed by atoms with van der Waals surface area (Å²) in [5, 5.41) is 0. The van der Waals surface area contributed by atoms with Crippen molar-refractivity contribution in [2.24, 2.45) is 0 Å². The summed E-state index contributed by atoms with van der Waals surface area (Å²) >= 11 is 0. The van der Waals surface area contributed by atoms with Crippen molar-refractivity contribution in [1.29, 1.82) is 0 Å². The Labute approximate surface area is 117 Å². The van der Waals surface area contributed by atoms with Crippen LogP contribution in [0.2, 0.25) is 0 Å². The first-order valence-electron chi connectivity index (χ1n) is 6.18. The Balaban J connectivity index is 2.34. The molecule has 1 aromatic carbocycles. The highest BCUT2D eigenvalue weighted by Gasteiger charge is 2.13. The van der Waals surface area contributed by atoms with Gasteiger partial charge in [0.05, 0.1) is 17.8 Å². The normalized spacial score (nSPS) is 11.6. The van der Waals surface area contributed by atoms with Gasteiger partial charge < -0.3 is 4.98 Å². The third-order valence-corrected chi connectivity index (χ3v) is 4.29. The largest absolute Gasteiger partial charge is 0.348 e. The average Bonchev–Trinajstić information content (AvgIpc) is 2.88. The minimum absolute atomic E-state index is 0.0567. The fourth-order valence-electron chi connectivity index (χ4n) is 1.78. The number of sulfonamides is 1. The van der Waals surface area contributed by atoms with E-state index in [4.69, 9.17) is 0 Å². The third kappa shape index (κ3) is 3.36. The van der Waals surface area contributed by atoms with Crippen molar-refractivity contribution in [3.05, 3.63) is 47.3 Å². The van der Waals surface area contributed by atoms with E-state index in [1.807, 2.05) is 0 Å². The number of nitrogens with zero attached hydrogens (tertiary/aromatic N) is 1. The van der Waals surface area contributed by atoms with Gasteiger partial charge in [0.15, 0.2) is 0 Å². The van der Waals surface area contributed by atoms with E-state index in [0.29, 0.717) is 12.0 Å². The maximum absolute atomic E-state index is 13.9. The fraction of sp³-hybridized carbons (Fsp3) is 0.308. The number of anilines is 1. The van der Waals surface area contributed by atoms with Gasteiger partial charge in [-0.05, 0) is 31.5 Å². The average molecular weight is 297 g/mol.